The molecule has 144 valence electrons. The Labute approximate surface area is 170 Å². The Morgan fingerprint density at radius 1 is 1.11 bits per heavy atom. The lowest BCUT2D eigenvalue weighted by atomic mass is 9.70. The fourth-order valence-electron chi connectivity index (χ4n) is 4.16. The van der Waals surface area contributed by atoms with Gasteiger partial charge in [0.05, 0.1) is 10.7 Å². The monoisotopic (exact) mass is 391 g/mol. The quantitative estimate of drug-likeness (QED) is 0.711. The number of nitrogens with zero attached hydrogens (tertiary/aromatic N) is 2. The molecule has 2 aromatic carbocycles. The standard InChI is InChI=1S/C23H25N3OS/c1-17-25-21(16-28-17)23(20-5-3-2-4-6-20)11-13-26(14-12-23)15-18-7-9-19(10-8-18)22(24)27/h2-10,16H,11-15H2,1H3,(H2,24,27). The molecular formula is C23H25N3OS. The van der Waals surface area contributed by atoms with Crippen molar-refractivity contribution in [2.75, 3.05) is 13.1 Å². The van der Waals surface area contributed by atoms with E-state index in [-0.39, 0.29) is 11.3 Å². The number of likely N-dealkylation sites (tertiary alicyclic amines) is 1. The van der Waals surface area contributed by atoms with Crippen LogP contribution in [-0.2, 0) is 12.0 Å². The molecule has 0 spiro atoms. The van der Waals surface area contributed by atoms with Crippen LogP contribution in [-0.4, -0.2) is 28.9 Å². The van der Waals surface area contributed by atoms with Crippen molar-refractivity contribution >= 4 is 17.2 Å². The van der Waals surface area contributed by atoms with E-state index in [1.807, 2.05) is 24.3 Å². The van der Waals surface area contributed by atoms with Crippen molar-refractivity contribution < 1.29 is 4.79 Å². The summed E-state index contributed by atoms with van der Waals surface area (Å²) in [7, 11) is 0. The largest absolute Gasteiger partial charge is 0.366 e. The minimum absolute atomic E-state index is 0.00164. The van der Waals surface area contributed by atoms with Crippen molar-refractivity contribution in [1.29, 1.82) is 0 Å². The van der Waals surface area contributed by atoms with Crippen LogP contribution < -0.4 is 5.73 Å². The van der Waals surface area contributed by atoms with Crippen LogP contribution >= 0.6 is 11.3 Å². The number of rotatable bonds is 5. The highest BCUT2D eigenvalue weighted by atomic mass is 32.1. The Kier molecular flexibility index (Phi) is 5.29. The molecule has 28 heavy (non-hydrogen) atoms. The molecule has 1 aliphatic rings. The molecule has 5 heteroatoms. The number of piperidine rings is 1. The summed E-state index contributed by atoms with van der Waals surface area (Å²) in [6.45, 7) is 5.00. The lowest BCUT2D eigenvalue weighted by Crippen LogP contribution is -2.43. The van der Waals surface area contributed by atoms with E-state index in [0.29, 0.717) is 5.56 Å². The molecule has 0 saturated carbocycles. The predicted octanol–water partition coefficient (Wildman–Crippen LogP) is 4.13. The number of thiazole rings is 1. The molecule has 4 rings (SSSR count). The fourth-order valence-corrected chi connectivity index (χ4v) is 4.87. The van der Waals surface area contributed by atoms with Crippen LogP contribution in [0.15, 0.2) is 60.0 Å². The summed E-state index contributed by atoms with van der Waals surface area (Å²) in [6, 6.07) is 18.5. The molecule has 1 aliphatic heterocycles. The van der Waals surface area contributed by atoms with Crippen molar-refractivity contribution in [3.63, 3.8) is 0 Å². The van der Waals surface area contributed by atoms with Crippen LogP contribution in [0.25, 0.3) is 0 Å². The van der Waals surface area contributed by atoms with Gasteiger partial charge in [-0.2, -0.15) is 0 Å². The van der Waals surface area contributed by atoms with E-state index in [4.69, 9.17) is 10.7 Å². The Balaban J connectivity index is 1.52. The minimum Gasteiger partial charge on any atom is -0.366 e. The summed E-state index contributed by atoms with van der Waals surface area (Å²) in [5.41, 5.74) is 9.68. The average molecular weight is 392 g/mol. The van der Waals surface area contributed by atoms with Crippen LogP contribution in [0.5, 0.6) is 0 Å². The Morgan fingerprint density at radius 2 is 1.79 bits per heavy atom. The number of carbonyl (C=O) groups excluding carboxylic acids is 1. The molecule has 1 aromatic heterocycles. The number of benzene rings is 2. The zero-order chi connectivity index (χ0) is 19.6. The second-order valence-electron chi connectivity index (χ2n) is 7.54. The van der Waals surface area contributed by atoms with Crippen LogP contribution in [0.3, 0.4) is 0 Å². The number of amides is 1. The van der Waals surface area contributed by atoms with Gasteiger partial charge in [-0.15, -0.1) is 11.3 Å². The third-order valence-electron chi connectivity index (χ3n) is 5.79. The molecule has 4 nitrogen and oxygen atoms in total. The van der Waals surface area contributed by atoms with Crippen LogP contribution in [0, 0.1) is 6.92 Å². The van der Waals surface area contributed by atoms with Crippen molar-refractivity contribution in [3.8, 4) is 0 Å². The smallest absolute Gasteiger partial charge is 0.248 e. The molecular weight excluding hydrogens is 366 g/mol. The Morgan fingerprint density at radius 3 is 2.36 bits per heavy atom. The van der Waals surface area contributed by atoms with Gasteiger partial charge in [-0.3, -0.25) is 9.69 Å². The Bertz CT molecular complexity index is 941. The van der Waals surface area contributed by atoms with Gasteiger partial charge in [0.1, 0.15) is 0 Å². The normalized spacial score (nSPS) is 16.8. The molecule has 1 fully saturated rings. The number of hydrogen-bond acceptors (Lipinski definition) is 4. The highest BCUT2D eigenvalue weighted by Crippen LogP contribution is 2.42. The SMILES string of the molecule is Cc1nc(C2(c3ccccc3)CCN(Cc3ccc(C(N)=O)cc3)CC2)cs1. The van der Waals surface area contributed by atoms with E-state index >= 15 is 0 Å². The molecule has 0 radical (unpaired) electrons. The molecule has 0 aliphatic carbocycles. The highest BCUT2D eigenvalue weighted by molar-refractivity contribution is 7.09. The number of aromatic nitrogens is 1. The second-order valence-corrected chi connectivity index (χ2v) is 8.60. The summed E-state index contributed by atoms with van der Waals surface area (Å²) >= 11 is 1.74. The van der Waals surface area contributed by atoms with Crippen LogP contribution in [0.1, 0.15) is 45.0 Å². The first-order chi connectivity index (χ1) is 13.6. The highest BCUT2D eigenvalue weighted by Gasteiger charge is 2.39. The molecule has 0 unspecified atom stereocenters. The van der Waals surface area contributed by atoms with Gasteiger partial charge in [-0.25, -0.2) is 4.98 Å². The first kappa shape index (κ1) is 18.8. The number of nitrogens with two attached hydrogens (primary N) is 1. The van der Waals surface area contributed by atoms with Gasteiger partial charge in [0.2, 0.25) is 5.91 Å². The number of aryl methyl sites for hydroxylation is 1. The summed E-state index contributed by atoms with van der Waals surface area (Å²) in [4.78, 5) is 18.6. The third-order valence-corrected chi connectivity index (χ3v) is 6.56. The molecule has 2 N–H and O–H groups in total. The second kappa shape index (κ2) is 7.86. The van der Waals surface area contributed by atoms with E-state index < -0.39 is 0 Å². The first-order valence-electron chi connectivity index (χ1n) is 9.66. The summed E-state index contributed by atoms with van der Waals surface area (Å²) in [5, 5.41) is 3.36. The van der Waals surface area contributed by atoms with Crippen molar-refractivity contribution in [2.45, 2.75) is 31.7 Å². The maximum absolute atomic E-state index is 11.3. The lowest BCUT2D eigenvalue weighted by molar-refractivity contribution is 0.1000. The predicted molar refractivity (Wildman–Crippen MR) is 114 cm³/mol. The van der Waals surface area contributed by atoms with Gasteiger partial charge in [-0.1, -0.05) is 42.5 Å². The maximum Gasteiger partial charge on any atom is 0.248 e. The molecule has 3 aromatic rings. The third kappa shape index (κ3) is 3.73. The number of primary amides is 1. The maximum atomic E-state index is 11.3. The number of hydrogen-bond donors (Lipinski definition) is 1. The van der Waals surface area contributed by atoms with Crippen LogP contribution in [0.4, 0.5) is 0 Å². The first-order valence-corrected chi connectivity index (χ1v) is 10.5. The molecule has 1 saturated heterocycles. The zero-order valence-corrected chi connectivity index (χ0v) is 16.9. The molecule has 2 heterocycles. The summed E-state index contributed by atoms with van der Waals surface area (Å²) < 4.78 is 0. The number of carbonyl (C=O) groups is 1. The van der Waals surface area contributed by atoms with Crippen molar-refractivity contribution in [3.05, 3.63) is 87.4 Å². The van der Waals surface area contributed by atoms with Crippen molar-refractivity contribution in [2.24, 2.45) is 5.73 Å². The van der Waals surface area contributed by atoms with Gasteiger partial charge in [0.15, 0.2) is 0 Å². The fraction of sp³-hybridized carbons (Fsp3) is 0.304. The van der Waals surface area contributed by atoms with E-state index in [0.717, 1.165) is 37.5 Å². The van der Waals surface area contributed by atoms with Gasteiger partial charge in [0.25, 0.3) is 0 Å². The van der Waals surface area contributed by atoms with E-state index in [1.165, 1.54) is 16.8 Å². The van der Waals surface area contributed by atoms with Gasteiger partial charge >= 0.3 is 0 Å². The van der Waals surface area contributed by atoms with E-state index in [9.17, 15) is 4.79 Å². The molecule has 0 bridgehead atoms. The topological polar surface area (TPSA) is 59.2 Å². The van der Waals surface area contributed by atoms with Gasteiger partial charge < -0.3 is 5.73 Å². The summed E-state index contributed by atoms with van der Waals surface area (Å²) in [6.07, 6.45) is 2.11. The van der Waals surface area contributed by atoms with Crippen LogP contribution in [0.2, 0.25) is 0 Å². The van der Waals surface area contributed by atoms with E-state index in [2.05, 4.69) is 47.5 Å². The average Bonchev–Trinajstić information content (AvgIpc) is 3.17. The molecule has 1 amide bonds. The Hall–Kier alpha value is -2.50. The zero-order valence-electron chi connectivity index (χ0n) is 16.1. The molecule has 0 atom stereocenters. The van der Waals surface area contributed by atoms with Gasteiger partial charge in [0, 0.05) is 22.9 Å². The minimum atomic E-state index is -0.379. The van der Waals surface area contributed by atoms with E-state index in [1.54, 1.807) is 11.3 Å². The summed E-state index contributed by atoms with van der Waals surface area (Å²) in [5.74, 6) is -0.379. The lowest BCUT2D eigenvalue weighted by Gasteiger charge is -2.41. The van der Waals surface area contributed by atoms with Crippen molar-refractivity contribution in [1.82, 2.24) is 9.88 Å². The van der Waals surface area contributed by atoms with Gasteiger partial charge in [-0.05, 0) is 56.1 Å².